The van der Waals surface area contributed by atoms with E-state index in [4.69, 9.17) is 5.73 Å². The number of nitrogens with two attached hydrogens (primary N) is 1. The summed E-state index contributed by atoms with van der Waals surface area (Å²) in [6.45, 7) is 7.02. The standard InChI is InChI=1S/C12H21N5/c1-2-11(10-13)16-6-8-17(9-7-16)12-14-4-3-5-15-12/h3-5,11H,2,6-10,13H2,1H3. The lowest BCUT2D eigenvalue weighted by Crippen LogP contribution is -2.52. The van der Waals surface area contributed by atoms with E-state index in [1.807, 2.05) is 6.07 Å². The van der Waals surface area contributed by atoms with Crippen LogP contribution in [0.4, 0.5) is 5.95 Å². The van der Waals surface area contributed by atoms with Crippen molar-refractivity contribution in [2.45, 2.75) is 19.4 Å². The molecule has 0 amide bonds. The molecule has 1 aromatic rings. The Balaban J connectivity index is 1.90. The molecule has 1 atom stereocenters. The third-order valence-corrected chi connectivity index (χ3v) is 3.41. The van der Waals surface area contributed by atoms with Crippen molar-refractivity contribution >= 4 is 5.95 Å². The molecule has 17 heavy (non-hydrogen) atoms. The number of rotatable bonds is 4. The minimum Gasteiger partial charge on any atom is -0.338 e. The summed E-state index contributed by atoms with van der Waals surface area (Å²) in [6, 6.07) is 2.37. The van der Waals surface area contributed by atoms with Crippen LogP contribution in [-0.4, -0.2) is 53.6 Å². The molecule has 0 saturated carbocycles. The van der Waals surface area contributed by atoms with Gasteiger partial charge in [-0.1, -0.05) is 6.92 Å². The van der Waals surface area contributed by atoms with E-state index in [0.29, 0.717) is 6.04 Å². The third kappa shape index (κ3) is 2.92. The van der Waals surface area contributed by atoms with Crippen molar-refractivity contribution in [1.29, 1.82) is 0 Å². The molecule has 1 aliphatic heterocycles. The summed E-state index contributed by atoms with van der Waals surface area (Å²) in [7, 11) is 0. The summed E-state index contributed by atoms with van der Waals surface area (Å²) in [5.41, 5.74) is 5.78. The average molecular weight is 235 g/mol. The summed E-state index contributed by atoms with van der Waals surface area (Å²) in [5.74, 6) is 0.841. The Morgan fingerprint density at radius 1 is 1.24 bits per heavy atom. The summed E-state index contributed by atoms with van der Waals surface area (Å²) in [5, 5.41) is 0. The highest BCUT2D eigenvalue weighted by Gasteiger charge is 2.22. The molecule has 0 aromatic carbocycles. The number of piperazine rings is 1. The zero-order valence-electron chi connectivity index (χ0n) is 10.4. The lowest BCUT2D eigenvalue weighted by Gasteiger charge is -2.38. The van der Waals surface area contributed by atoms with E-state index in [2.05, 4.69) is 26.7 Å². The Labute approximate surface area is 103 Å². The van der Waals surface area contributed by atoms with E-state index in [1.54, 1.807) is 12.4 Å². The van der Waals surface area contributed by atoms with Gasteiger partial charge >= 0.3 is 0 Å². The Morgan fingerprint density at radius 3 is 2.41 bits per heavy atom. The SMILES string of the molecule is CCC(CN)N1CCN(c2ncccn2)CC1. The van der Waals surface area contributed by atoms with E-state index in [0.717, 1.165) is 45.1 Å². The van der Waals surface area contributed by atoms with E-state index in [9.17, 15) is 0 Å². The molecule has 1 aromatic heterocycles. The first-order valence-corrected chi connectivity index (χ1v) is 6.31. The first-order valence-electron chi connectivity index (χ1n) is 6.31. The molecule has 94 valence electrons. The average Bonchev–Trinajstić information content (AvgIpc) is 2.42. The summed E-state index contributed by atoms with van der Waals surface area (Å²) in [6.07, 6.45) is 4.71. The van der Waals surface area contributed by atoms with Gasteiger partial charge in [0.1, 0.15) is 0 Å². The van der Waals surface area contributed by atoms with E-state index < -0.39 is 0 Å². The molecule has 5 nitrogen and oxygen atoms in total. The number of aromatic nitrogens is 2. The van der Waals surface area contributed by atoms with Crippen LogP contribution >= 0.6 is 0 Å². The van der Waals surface area contributed by atoms with Crippen LogP contribution in [-0.2, 0) is 0 Å². The molecule has 0 aliphatic carbocycles. The van der Waals surface area contributed by atoms with Crippen molar-refractivity contribution in [1.82, 2.24) is 14.9 Å². The molecule has 0 spiro atoms. The van der Waals surface area contributed by atoms with Gasteiger partial charge in [0.15, 0.2) is 0 Å². The highest BCUT2D eigenvalue weighted by atomic mass is 15.3. The largest absolute Gasteiger partial charge is 0.338 e. The molecule has 1 aliphatic rings. The van der Waals surface area contributed by atoms with Gasteiger partial charge in [-0.05, 0) is 12.5 Å². The lowest BCUT2D eigenvalue weighted by atomic mass is 10.1. The molecule has 1 unspecified atom stereocenters. The summed E-state index contributed by atoms with van der Waals surface area (Å²) >= 11 is 0. The second-order valence-electron chi connectivity index (χ2n) is 4.37. The van der Waals surface area contributed by atoms with Crippen LogP contribution in [0.2, 0.25) is 0 Å². The Morgan fingerprint density at radius 2 is 1.88 bits per heavy atom. The maximum atomic E-state index is 5.78. The minimum atomic E-state index is 0.522. The van der Waals surface area contributed by atoms with Gasteiger partial charge in [0, 0.05) is 51.2 Å². The maximum Gasteiger partial charge on any atom is 0.225 e. The van der Waals surface area contributed by atoms with Gasteiger partial charge in [0.25, 0.3) is 0 Å². The normalized spacial score (nSPS) is 19.3. The number of anilines is 1. The second kappa shape index (κ2) is 5.93. The molecule has 5 heteroatoms. The van der Waals surface area contributed by atoms with Gasteiger partial charge in [-0.3, -0.25) is 4.90 Å². The van der Waals surface area contributed by atoms with E-state index >= 15 is 0 Å². The fraction of sp³-hybridized carbons (Fsp3) is 0.667. The molecular weight excluding hydrogens is 214 g/mol. The van der Waals surface area contributed by atoms with Crippen molar-refractivity contribution in [2.24, 2.45) is 5.73 Å². The molecule has 1 fully saturated rings. The highest BCUT2D eigenvalue weighted by molar-refractivity contribution is 5.29. The van der Waals surface area contributed by atoms with Crippen LogP contribution in [0.25, 0.3) is 0 Å². The monoisotopic (exact) mass is 235 g/mol. The topological polar surface area (TPSA) is 58.3 Å². The maximum absolute atomic E-state index is 5.78. The fourth-order valence-corrected chi connectivity index (χ4v) is 2.32. The van der Waals surface area contributed by atoms with Gasteiger partial charge in [-0.15, -0.1) is 0 Å². The first-order chi connectivity index (χ1) is 8.35. The number of hydrogen-bond acceptors (Lipinski definition) is 5. The third-order valence-electron chi connectivity index (χ3n) is 3.41. The van der Waals surface area contributed by atoms with Crippen molar-refractivity contribution < 1.29 is 0 Å². The van der Waals surface area contributed by atoms with Crippen LogP contribution in [0.5, 0.6) is 0 Å². The van der Waals surface area contributed by atoms with Crippen LogP contribution in [0.3, 0.4) is 0 Å². The van der Waals surface area contributed by atoms with Gasteiger partial charge in [0.2, 0.25) is 5.95 Å². The molecule has 0 radical (unpaired) electrons. The first kappa shape index (κ1) is 12.3. The second-order valence-corrected chi connectivity index (χ2v) is 4.37. The van der Waals surface area contributed by atoms with Crippen LogP contribution in [0.1, 0.15) is 13.3 Å². The molecule has 0 bridgehead atoms. The molecule has 2 N–H and O–H groups in total. The van der Waals surface area contributed by atoms with Crippen molar-refractivity contribution in [3.8, 4) is 0 Å². The van der Waals surface area contributed by atoms with Crippen molar-refractivity contribution in [3.63, 3.8) is 0 Å². The predicted octanol–water partition coefficient (Wildman–Crippen LogP) is 0.336. The molecule has 2 rings (SSSR count). The molecular formula is C12H21N5. The molecule has 1 saturated heterocycles. The van der Waals surface area contributed by atoms with E-state index in [-0.39, 0.29) is 0 Å². The Kier molecular flexibility index (Phi) is 4.28. The van der Waals surface area contributed by atoms with Crippen LogP contribution in [0.15, 0.2) is 18.5 Å². The van der Waals surface area contributed by atoms with Crippen LogP contribution in [0, 0.1) is 0 Å². The quantitative estimate of drug-likeness (QED) is 0.815. The minimum absolute atomic E-state index is 0.522. The van der Waals surface area contributed by atoms with Gasteiger partial charge in [-0.25, -0.2) is 9.97 Å². The molecule has 2 heterocycles. The highest BCUT2D eigenvalue weighted by Crippen LogP contribution is 2.12. The van der Waals surface area contributed by atoms with Gasteiger partial charge in [-0.2, -0.15) is 0 Å². The number of hydrogen-bond donors (Lipinski definition) is 1. The van der Waals surface area contributed by atoms with E-state index in [1.165, 1.54) is 0 Å². The van der Waals surface area contributed by atoms with Crippen LogP contribution < -0.4 is 10.6 Å². The lowest BCUT2D eigenvalue weighted by molar-refractivity contribution is 0.184. The van der Waals surface area contributed by atoms with Crippen molar-refractivity contribution in [3.05, 3.63) is 18.5 Å². The zero-order valence-corrected chi connectivity index (χ0v) is 10.4. The smallest absolute Gasteiger partial charge is 0.225 e. The van der Waals surface area contributed by atoms with Gasteiger partial charge in [0.05, 0.1) is 0 Å². The predicted molar refractivity (Wildman–Crippen MR) is 69.0 cm³/mol. The van der Waals surface area contributed by atoms with Gasteiger partial charge < -0.3 is 10.6 Å². The summed E-state index contributed by atoms with van der Waals surface area (Å²) in [4.78, 5) is 13.3. The van der Waals surface area contributed by atoms with Crippen molar-refractivity contribution in [2.75, 3.05) is 37.6 Å². The fourth-order valence-electron chi connectivity index (χ4n) is 2.32. The zero-order chi connectivity index (χ0) is 12.1. The Hall–Kier alpha value is -1.20. The number of nitrogens with zero attached hydrogens (tertiary/aromatic N) is 4. The summed E-state index contributed by atoms with van der Waals surface area (Å²) < 4.78 is 0. The Bertz CT molecular complexity index is 317.